The summed E-state index contributed by atoms with van der Waals surface area (Å²) in [5, 5.41) is 3.77. The van der Waals surface area contributed by atoms with Crippen LogP contribution in [-0.4, -0.2) is 48.5 Å². The van der Waals surface area contributed by atoms with Crippen LogP contribution in [0.15, 0.2) is 5.16 Å². The Kier molecular flexibility index (Phi) is 1.69. The van der Waals surface area contributed by atoms with E-state index in [4.69, 9.17) is 4.84 Å². The Morgan fingerprint density at radius 3 is 3.36 bits per heavy atom. The second-order valence-corrected chi connectivity index (χ2v) is 2.91. The molecule has 62 valence electrons. The fraction of sp³-hybridized carbons (Fsp3) is 0.857. The number of hydrogen-bond donors (Lipinski definition) is 0. The number of fused-ring (bicyclic) bond motifs is 1. The quantitative estimate of drug-likeness (QED) is 0.530. The predicted octanol–water partition coefficient (Wildman–Crippen LogP) is -0.0765. The van der Waals surface area contributed by atoms with E-state index in [9.17, 15) is 0 Å². The summed E-state index contributed by atoms with van der Waals surface area (Å²) in [6, 6.07) is 0. The molecule has 1 unspecified atom stereocenters. The lowest BCUT2D eigenvalue weighted by Gasteiger charge is -2.34. The Labute approximate surface area is 66.4 Å². The van der Waals surface area contributed by atoms with Crippen molar-refractivity contribution in [2.75, 3.05) is 26.2 Å². The van der Waals surface area contributed by atoms with Gasteiger partial charge < -0.3 is 9.74 Å². The topological polar surface area (TPSA) is 28.1 Å². The van der Waals surface area contributed by atoms with Gasteiger partial charge in [-0.3, -0.25) is 4.90 Å². The van der Waals surface area contributed by atoms with E-state index < -0.39 is 0 Å². The lowest BCUT2D eigenvalue weighted by Crippen LogP contribution is -2.50. The van der Waals surface area contributed by atoms with Crippen molar-refractivity contribution in [1.82, 2.24) is 9.80 Å². The minimum Gasteiger partial charge on any atom is -0.368 e. The summed E-state index contributed by atoms with van der Waals surface area (Å²) in [6.07, 6.45) is 1.97. The number of piperazine rings is 1. The predicted molar refractivity (Wildman–Crippen MR) is 42.2 cm³/mol. The van der Waals surface area contributed by atoms with Crippen molar-refractivity contribution in [2.45, 2.75) is 13.2 Å². The van der Waals surface area contributed by atoms with Crippen LogP contribution < -0.4 is 0 Å². The van der Waals surface area contributed by atoms with Crippen molar-refractivity contribution in [3.63, 3.8) is 0 Å². The molecule has 0 spiro atoms. The molecule has 0 radical (unpaired) electrons. The maximum absolute atomic E-state index is 5.14. The average Bonchev–Trinajstić information content (AvgIpc) is 2.50. The smallest absolute Gasteiger partial charge is 0.213 e. The molecule has 0 aliphatic carbocycles. The van der Waals surface area contributed by atoms with Crippen molar-refractivity contribution in [3.05, 3.63) is 0 Å². The van der Waals surface area contributed by atoms with Gasteiger partial charge in [0.2, 0.25) is 6.23 Å². The highest BCUT2D eigenvalue weighted by atomic mass is 16.7. The molecular weight excluding hydrogens is 142 g/mol. The maximum Gasteiger partial charge on any atom is 0.213 e. The van der Waals surface area contributed by atoms with E-state index in [0.29, 0.717) is 0 Å². The van der Waals surface area contributed by atoms with Gasteiger partial charge in [0.05, 0.1) is 6.54 Å². The first-order valence-corrected chi connectivity index (χ1v) is 4.07. The van der Waals surface area contributed by atoms with Gasteiger partial charge in [-0.25, -0.2) is 0 Å². The van der Waals surface area contributed by atoms with Crippen LogP contribution in [0.4, 0.5) is 0 Å². The zero-order valence-corrected chi connectivity index (χ0v) is 6.73. The Bertz CT molecular complexity index is 171. The first-order valence-electron chi connectivity index (χ1n) is 4.07. The molecule has 2 aliphatic rings. The highest BCUT2D eigenvalue weighted by Gasteiger charge is 2.28. The largest absolute Gasteiger partial charge is 0.368 e. The lowest BCUT2D eigenvalue weighted by molar-refractivity contribution is -0.0384. The highest BCUT2D eigenvalue weighted by molar-refractivity contribution is 5.56. The van der Waals surface area contributed by atoms with Crippen molar-refractivity contribution < 1.29 is 4.84 Å². The monoisotopic (exact) mass is 155 g/mol. The third-order valence-corrected chi connectivity index (χ3v) is 2.28. The minimum absolute atomic E-state index is 0.184. The SMILES string of the molecule is CCN1CCN2C=NOC2C1. The van der Waals surface area contributed by atoms with Gasteiger partial charge in [-0.1, -0.05) is 12.1 Å². The van der Waals surface area contributed by atoms with Crippen LogP contribution in [0.5, 0.6) is 0 Å². The summed E-state index contributed by atoms with van der Waals surface area (Å²) in [7, 11) is 0. The third kappa shape index (κ3) is 1.18. The molecule has 0 saturated carbocycles. The molecule has 2 aliphatic heterocycles. The first-order chi connectivity index (χ1) is 5.40. The fourth-order valence-electron chi connectivity index (χ4n) is 1.49. The van der Waals surface area contributed by atoms with E-state index in [1.165, 1.54) is 0 Å². The molecule has 11 heavy (non-hydrogen) atoms. The van der Waals surface area contributed by atoms with Crippen LogP contribution >= 0.6 is 0 Å². The third-order valence-electron chi connectivity index (χ3n) is 2.28. The van der Waals surface area contributed by atoms with Gasteiger partial charge in [-0.2, -0.15) is 0 Å². The summed E-state index contributed by atoms with van der Waals surface area (Å²) in [4.78, 5) is 9.66. The van der Waals surface area contributed by atoms with Gasteiger partial charge in [0.15, 0.2) is 0 Å². The van der Waals surface area contributed by atoms with Gasteiger partial charge in [-0.15, -0.1) is 0 Å². The normalized spacial score (nSPS) is 30.3. The van der Waals surface area contributed by atoms with Gasteiger partial charge in [0.1, 0.15) is 6.34 Å². The van der Waals surface area contributed by atoms with Gasteiger partial charge >= 0.3 is 0 Å². The second-order valence-electron chi connectivity index (χ2n) is 2.91. The van der Waals surface area contributed by atoms with Crippen LogP contribution in [0, 0.1) is 0 Å². The number of oxime groups is 1. The summed E-state index contributed by atoms with van der Waals surface area (Å²) < 4.78 is 0. The van der Waals surface area contributed by atoms with E-state index in [1.807, 2.05) is 0 Å². The van der Waals surface area contributed by atoms with Crippen LogP contribution in [0.1, 0.15) is 6.92 Å². The zero-order chi connectivity index (χ0) is 7.68. The summed E-state index contributed by atoms with van der Waals surface area (Å²) in [5.41, 5.74) is 0. The zero-order valence-electron chi connectivity index (χ0n) is 6.73. The summed E-state index contributed by atoms with van der Waals surface area (Å²) in [5.74, 6) is 0. The number of rotatable bonds is 1. The average molecular weight is 155 g/mol. The molecule has 2 heterocycles. The number of hydrogen-bond acceptors (Lipinski definition) is 4. The van der Waals surface area contributed by atoms with Gasteiger partial charge in [-0.05, 0) is 6.54 Å². The molecule has 2 rings (SSSR count). The molecule has 0 aromatic rings. The fourth-order valence-corrected chi connectivity index (χ4v) is 1.49. The van der Waals surface area contributed by atoms with Crippen LogP contribution in [0.2, 0.25) is 0 Å². The molecule has 0 N–H and O–H groups in total. The number of nitrogens with zero attached hydrogens (tertiary/aromatic N) is 3. The summed E-state index contributed by atoms with van der Waals surface area (Å²) >= 11 is 0. The Hall–Kier alpha value is -0.770. The van der Waals surface area contributed by atoms with Crippen molar-refractivity contribution >= 4 is 6.34 Å². The molecule has 4 heteroatoms. The standard InChI is InChI=1S/C7H13N3O/c1-2-9-3-4-10-6-8-11-7(10)5-9/h6-7H,2-5H2,1H3. The van der Waals surface area contributed by atoms with E-state index in [2.05, 4.69) is 21.9 Å². The Morgan fingerprint density at radius 1 is 1.64 bits per heavy atom. The molecule has 1 saturated heterocycles. The summed E-state index contributed by atoms with van der Waals surface area (Å²) in [6.45, 7) is 6.43. The van der Waals surface area contributed by atoms with E-state index in [-0.39, 0.29) is 6.23 Å². The second kappa shape index (κ2) is 2.70. The highest BCUT2D eigenvalue weighted by Crippen LogP contribution is 2.13. The van der Waals surface area contributed by atoms with E-state index >= 15 is 0 Å². The van der Waals surface area contributed by atoms with Crippen molar-refractivity contribution in [2.24, 2.45) is 5.16 Å². The van der Waals surface area contributed by atoms with Crippen molar-refractivity contribution in [3.8, 4) is 0 Å². The molecule has 1 fully saturated rings. The molecular formula is C7H13N3O. The molecule has 0 amide bonds. The Morgan fingerprint density at radius 2 is 2.55 bits per heavy atom. The van der Waals surface area contributed by atoms with Crippen LogP contribution in [0.3, 0.4) is 0 Å². The lowest BCUT2D eigenvalue weighted by atomic mass is 10.3. The van der Waals surface area contributed by atoms with Crippen LogP contribution in [-0.2, 0) is 4.84 Å². The number of likely N-dealkylation sites (N-methyl/N-ethyl adjacent to an activating group) is 1. The molecule has 0 aromatic heterocycles. The van der Waals surface area contributed by atoms with Crippen molar-refractivity contribution in [1.29, 1.82) is 0 Å². The van der Waals surface area contributed by atoms with E-state index in [1.54, 1.807) is 6.34 Å². The maximum atomic E-state index is 5.14. The molecule has 1 atom stereocenters. The van der Waals surface area contributed by atoms with Crippen LogP contribution in [0.25, 0.3) is 0 Å². The first kappa shape index (κ1) is 6.91. The van der Waals surface area contributed by atoms with E-state index in [0.717, 1.165) is 26.2 Å². The van der Waals surface area contributed by atoms with Gasteiger partial charge in [0.25, 0.3) is 0 Å². The van der Waals surface area contributed by atoms with Gasteiger partial charge in [0, 0.05) is 13.1 Å². The molecule has 0 bridgehead atoms. The minimum atomic E-state index is 0.184. The molecule has 4 nitrogen and oxygen atoms in total. The Balaban J connectivity index is 1.94. The molecule has 0 aromatic carbocycles.